The van der Waals surface area contributed by atoms with Crippen LogP contribution in [0, 0.1) is 0 Å². The summed E-state index contributed by atoms with van der Waals surface area (Å²) in [5.41, 5.74) is 5.56. The van der Waals surface area contributed by atoms with E-state index in [0.717, 1.165) is 13.1 Å². The molecule has 0 aromatic carbocycles. The van der Waals surface area contributed by atoms with E-state index in [1.54, 1.807) is 6.08 Å². The Balaban J connectivity index is 2.06. The number of likely N-dealkylation sites (tertiary alicyclic amines) is 1. The largest absolute Gasteiger partial charge is 0.352 e. The summed E-state index contributed by atoms with van der Waals surface area (Å²) in [4.78, 5) is 13.1. The number of hydrogen-bond donors (Lipinski definition) is 2. The lowest BCUT2D eigenvalue weighted by Gasteiger charge is -2.35. The molecule has 0 atom stereocenters. The number of nitrogens with zero attached hydrogens (tertiary/aromatic N) is 1. The molecule has 1 fully saturated rings. The van der Waals surface area contributed by atoms with Crippen LogP contribution in [-0.2, 0) is 4.79 Å². The SMILES string of the molecule is C=CCNC(=O)CN1CC(N)C1. The first-order valence-electron chi connectivity index (χ1n) is 4.08. The fraction of sp³-hybridized carbons (Fsp3) is 0.625. The highest BCUT2D eigenvalue weighted by molar-refractivity contribution is 5.78. The van der Waals surface area contributed by atoms with Crippen molar-refractivity contribution in [2.45, 2.75) is 6.04 Å². The molecule has 0 aliphatic carbocycles. The predicted molar refractivity (Wildman–Crippen MR) is 47.6 cm³/mol. The minimum Gasteiger partial charge on any atom is -0.352 e. The minimum atomic E-state index is 0.0433. The molecule has 0 saturated carbocycles. The van der Waals surface area contributed by atoms with Gasteiger partial charge in [-0.15, -0.1) is 6.58 Å². The van der Waals surface area contributed by atoms with Crippen molar-refractivity contribution in [3.8, 4) is 0 Å². The van der Waals surface area contributed by atoms with Crippen LogP contribution in [0.4, 0.5) is 0 Å². The Morgan fingerprint density at radius 3 is 2.92 bits per heavy atom. The van der Waals surface area contributed by atoms with Crippen molar-refractivity contribution in [2.24, 2.45) is 5.73 Å². The molecule has 4 nitrogen and oxygen atoms in total. The Labute approximate surface area is 72.4 Å². The topological polar surface area (TPSA) is 58.4 Å². The number of rotatable bonds is 4. The zero-order valence-electron chi connectivity index (χ0n) is 7.12. The average molecular weight is 169 g/mol. The van der Waals surface area contributed by atoms with Crippen molar-refractivity contribution >= 4 is 5.91 Å². The molecule has 0 spiro atoms. The molecule has 0 bridgehead atoms. The molecule has 1 aliphatic rings. The van der Waals surface area contributed by atoms with Gasteiger partial charge in [-0.25, -0.2) is 0 Å². The van der Waals surface area contributed by atoms with E-state index in [1.165, 1.54) is 0 Å². The minimum absolute atomic E-state index is 0.0433. The van der Waals surface area contributed by atoms with E-state index in [0.29, 0.717) is 13.1 Å². The number of amides is 1. The molecule has 0 radical (unpaired) electrons. The van der Waals surface area contributed by atoms with E-state index in [2.05, 4.69) is 11.9 Å². The van der Waals surface area contributed by atoms with Gasteiger partial charge in [0.15, 0.2) is 0 Å². The third-order valence-corrected chi connectivity index (χ3v) is 1.80. The maximum Gasteiger partial charge on any atom is 0.234 e. The lowest BCUT2D eigenvalue weighted by Crippen LogP contribution is -2.57. The quantitative estimate of drug-likeness (QED) is 0.527. The van der Waals surface area contributed by atoms with Crippen LogP contribution in [0.1, 0.15) is 0 Å². The summed E-state index contributed by atoms with van der Waals surface area (Å²) in [6.07, 6.45) is 1.67. The van der Waals surface area contributed by atoms with Crippen molar-refractivity contribution < 1.29 is 4.79 Å². The summed E-state index contributed by atoms with van der Waals surface area (Å²) in [5, 5.41) is 2.71. The normalized spacial score (nSPS) is 18.4. The summed E-state index contributed by atoms with van der Waals surface area (Å²) in [7, 11) is 0. The molecule has 1 amide bonds. The molecule has 0 unspecified atom stereocenters. The van der Waals surface area contributed by atoms with E-state index in [-0.39, 0.29) is 11.9 Å². The Bertz CT molecular complexity index is 175. The molecular weight excluding hydrogens is 154 g/mol. The number of hydrogen-bond acceptors (Lipinski definition) is 3. The van der Waals surface area contributed by atoms with Crippen LogP contribution in [-0.4, -0.2) is 43.0 Å². The summed E-state index contributed by atoms with van der Waals surface area (Å²) in [5.74, 6) is 0.0433. The molecule has 1 heterocycles. The predicted octanol–water partition coefficient (Wildman–Crippen LogP) is -1.07. The maximum absolute atomic E-state index is 11.1. The Hall–Kier alpha value is -0.870. The van der Waals surface area contributed by atoms with Crippen molar-refractivity contribution in [1.82, 2.24) is 10.2 Å². The highest BCUT2D eigenvalue weighted by Gasteiger charge is 2.24. The van der Waals surface area contributed by atoms with E-state index >= 15 is 0 Å². The Morgan fingerprint density at radius 1 is 1.75 bits per heavy atom. The van der Waals surface area contributed by atoms with Crippen LogP contribution >= 0.6 is 0 Å². The van der Waals surface area contributed by atoms with Crippen molar-refractivity contribution in [3.05, 3.63) is 12.7 Å². The molecule has 1 saturated heterocycles. The summed E-state index contributed by atoms with van der Waals surface area (Å²) < 4.78 is 0. The molecule has 1 aliphatic heterocycles. The first kappa shape index (κ1) is 9.22. The standard InChI is InChI=1S/C8H15N3O/c1-2-3-10-8(12)6-11-4-7(9)5-11/h2,7H,1,3-6,9H2,(H,10,12). The summed E-state index contributed by atoms with van der Waals surface area (Å²) >= 11 is 0. The molecule has 12 heavy (non-hydrogen) atoms. The van der Waals surface area contributed by atoms with E-state index < -0.39 is 0 Å². The van der Waals surface area contributed by atoms with Crippen LogP contribution in [0.5, 0.6) is 0 Å². The Kier molecular flexibility index (Phi) is 3.25. The second-order valence-electron chi connectivity index (χ2n) is 3.05. The highest BCUT2D eigenvalue weighted by atomic mass is 16.2. The van der Waals surface area contributed by atoms with Gasteiger partial charge in [0.05, 0.1) is 6.54 Å². The number of carbonyl (C=O) groups is 1. The van der Waals surface area contributed by atoms with Gasteiger partial charge in [-0.2, -0.15) is 0 Å². The molecule has 0 aromatic rings. The monoisotopic (exact) mass is 169 g/mol. The summed E-state index contributed by atoms with van der Waals surface area (Å²) in [6, 6.07) is 0.261. The number of carbonyl (C=O) groups excluding carboxylic acids is 1. The molecule has 0 aromatic heterocycles. The maximum atomic E-state index is 11.1. The highest BCUT2D eigenvalue weighted by Crippen LogP contribution is 2.02. The Morgan fingerprint density at radius 2 is 2.42 bits per heavy atom. The lowest BCUT2D eigenvalue weighted by molar-refractivity contribution is -0.123. The lowest BCUT2D eigenvalue weighted by atomic mass is 10.1. The average Bonchev–Trinajstić information content (AvgIpc) is 1.98. The van der Waals surface area contributed by atoms with Gasteiger partial charge in [0.1, 0.15) is 0 Å². The second-order valence-corrected chi connectivity index (χ2v) is 3.05. The van der Waals surface area contributed by atoms with Crippen LogP contribution in [0.2, 0.25) is 0 Å². The number of nitrogens with one attached hydrogen (secondary N) is 1. The van der Waals surface area contributed by atoms with Crippen molar-refractivity contribution in [1.29, 1.82) is 0 Å². The van der Waals surface area contributed by atoms with Crippen molar-refractivity contribution in [2.75, 3.05) is 26.2 Å². The van der Waals surface area contributed by atoms with Crippen LogP contribution in [0.3, 0.4) is 0 Å². The van der Waals surface area contributed by atoms with Gasteiger partial charge < -0.3 is 11.1 Å². The van der Waals surface area contributed by atoms with E-state index in [4.69, 9.17) is 5.73 Å². The molecular formula is C8H15N3O. The molecule has 1 rings (SSSR count). The van der Waals surface area contributed by atoms with Gasteiger partial charge >= 0.3 is 0 Å². The zero-order chi connectivity index (χ0) is 8.97. The van der Waals surface area contributed by atoms with Crippen LogP contribution in [0.25, 0.3) is 0 Å². The van der Waals surface area contributed by atoms with Gasteiger partial charge in [-0.05, 0) is 0 Å². The van der Waals surface area contributed by atoms with Gasteiger partial charge in [-0.3, -0.25) is 9.69 Å². The van der Waals surface area contributed by atoms with E-state index in [1.807, 2.05) is 4.90 Å². The summed E-state index contributed by atoms with van der Waals surface area (Å²) in [6.45, 7) is 6.18. The fourth-order valence-corrected chi connectivity index (χ4v) is 1.18. The molecule has 3 N–H and O–H groups in total. The number of nitrogens with two attached hydrogens (primary N) is 1. The third-order valence-electron chi connectivity index (χ3n) is 1.80. The first-order chi connectivity index (χ1) is 5.72. The van der Waals surface area contributed by atoms with Crippen LogP contribution < -0.4 is 11.1 Å². The molecule has 4 heteroatoms. The van der Waals surface area contributed by atoms with E-state index in [9.17, 15) is 4.79 Å². The van der Waals surface area contributed by atoms with Gasteiger partial charge in [0.2, 0.25) is 5.91 Å². The van der Waals surface area contributed by atoms with Gasteiger partial charge in [0, 0.05) is 25.7 Å². The third kappa shape index (κ3) is 2.64. The smallest absolute Gasteiger partial charge is 0.234 e. The first-order valence-corrected chi connectivity index (χ1v) is 4.08. The van der Waals surface area contributed by atoms with Crippen LogP contribution in [0.15, 0.2) is 12.7 Å². The fourth-order valence-electron chi connectivity index (χ4n) is 1.18. The zero-order valence-corrected chi connectivity index (χ0v) is 7.12. The second kappa shape index (κ2) is 4.23. The van der Waals surface area contributed by atoms with Gasteiger partial charge in [-0.1, -0.05) is 6.08 Å². The molecule has 68 valence electrons. The van der Waals surface area contributed by atoms with Gasteiger partial charge in [0.25, 0.3) is 0 Å². The van der Waals surface area contributed by atoms with Crippen molar-refractivity contribution in [3.63, 3.8) is 0 Å².